The molecule has 2 atom stereocenters. The first-order valence-corrected chi connectivity index (χ1v) is 13.0. The average Bonchev–Trinajstić information content (AvgIpc) is 2.79. The Balaban J connectivity index is 1.46. The van der Waals surface area contributed by atoms with Gasteiger partial charge in [0.15, 0.2) is 0 Å². The summed E-state index contributed by atoms with van der Waals surface area (Å²) in [6.45, 7) is 4.80. The summed E-state index contributed by atoms with van der Waals surface area (Å²) in [7, 11) is 0. The molecule has 2 unspecified atom stereocenters. The third-order valence-corrected chi connectivity index (χ3v) is 7.62. The maximum Gasteiger partial charge on any atom is 0.254 e. The zero-order valence-corrected chi connectivity index (χ0v) is 19.9. The number of ether oxygens (including phenoxy) is 1. The lowest BCUT2D eigenvalue weighted by molar-refractivity contribution is -0.00154. The summed E-state index contributed by atoms with van der Waals surface area (Å²) in [6, 6.07) is 15.4. The van der Waals surface area contributed by atoms with Gasteiger partial charge in [0.05, 0.1) is 18.8 Å². The van der Waals surface area contributed by atoms with Crippen LogP contribution in [-0.4, -0.2) is 29.6 Å². The van der Waals surface area contributed by atoms with Crippen molar-refractivity contribution in [3.05, 3.63) is 69.6 Å². The lowest BCUT2D eigenvalue weighted by atomic mass is 9.83. The van der Waals surface area contributed by atoms with Crippen LogP contribution < -0.4 is 10.3 Å². The number of benzene rings is 1. The maximum absolute atomic E-state index is 13.3. The van der Waals surface area contributed by atoms with Crippen LogP contribution in [0, 0.1) is 0 Å². The third kappa shape index (κ3) is 5.10. The van der Waals surface area contributed by atoms with E-state index in [9.17, 15) is 4.79 Å². The van der Waals surface area contributed by atoms with Gasteiger partial charge in [0.1, 0.15) is 0 Å². The average molecular weight is 441 g/mol. The van der Waals surface area contributed by atoms with Crippen LogP contribution in [0.3, 0.4) is 0 Å². The Morgan fingerprint density at radius 1 is 1.06 bits per heavy atom. The van der Waals surface area contributed by atoms with Gasteiger partial charge in [0.25, 0.3) is 5.56 Å². The number of rotatable bonds is 7. The van der Waals surface area contributed by atoms with Crippen molar-refractivity contribution in [1.82, 2.24) is 9.29 Å². The minimum absolute atomic E-state index is 0.0502. The molecule has 0 saturated heterocycles. The largest absolute Gasteiger partial charge is 0.376 e. The van der Waals surface area contributed by atoms with E-state index >= 15 is 0 Å². The van der Waals surface area contributed by atoms with Crippen LogP contribution in [0.5, 0.6) is 0 Å². The maximum atomic E-state index is 13.3. The van der Waals surface area contributed by atoms with E-state index in [1.54, 1.807) is 11.9 Å². The molecule has 2 aliphatic rings. The van der Waals surface area contributed by atoms with Gasteiger partial charge in [-0.25, -0.2) is 0 Å². The van der Waals surface area contributed by atoms with Gasteiger partial charge >= 0.3 is 0 Å². The summed E-state index contributed by atoms with van der Waals surface area (Å²) in [5.41, 5.74) is 3.68. The Labute approximate surface area is 190 Å². The van der Waals surface area contributed by atoms with Crippen molar-refractivity contribution >= 4 is 11.9 Å². The number of hydrogen-bond acceptors (Lipinski definition) is 4. The van der Waals surface area contributed by atoms with Crippen LogP contribution >= 0.6 is 11.9 Å². The number of pyridine rings is 1. The van der Waals surface area contributed by atoms with Crippen molar-refractivity contribution in [1.29, 1.82) is 0 Å². The smallest absolute Gasteiger partial charge is 0.254 e. The van der Waals surface area contributed by atoms with Gasteiger partial charge in [0, 0.05) is 17.3 Å². The molecule has 0 amide bonds. The molecular weight excluding hydrogens is 404 g/mol. The first-order valence-electron chi connectivity index (χ1n) is 11.8. The van der Waals surface area contributed by atoms with Crippen molar-refractivity contribution in [2.24, 2.45) is 0 Å². The van der Waals surface area contributed by atoms with E-state index in [0.717, 1.165) is 36.9 Å². The number of hydrogen-bond donors (Lipinski definition) is 1. The van der Waals surface area contributed by atoms with Crippen molar-refractivity contribution in [3.8, 4) is 0 Å². The van der Waals surface area contributed by atoms with Gasteiger partial charge in [-0.2, -0.15) is 0 Å². The molecule has 168 valence electrons. The minimum Gasteiger partial charge on any atom is -0.376 e. The first-order chi connectivity index (χ1) is 15.1. The highest BCUT2D eigenvalue weighted by Crippen LogP contribution is 2.35. The molecule has 1 aromatic carbocycles. The summed E-state index contributed by atoms with van der Waals surface area (Å²) in [6.07, 6.45) is 8.89. The Morgan fingerprint density at radius 3 is 2.48 bits per heavy atom. The molecule has 0 radical (unpaired) electrons. The van der Waals surface area contributed by atoms with Crippen molar-refractivity contribution in [3.63, 3.8) is 0 Å². The van der Waals surface area contributed by atoms with E-state index in [1.807, 2.05) is 10.6 Å². The molecule has 0 bridgehead atoms. The molecule has 0 spiro atoms. The fraction of sp³-hybridized carbons (Fsp3) is 0.577. The zero-order valence-electron chi connectivity index (χ0n) is 19.0. The van der Waals surface area contributed by atoms with Gasteiger partial charge in [-0.05, 0) is 68.2 Å². The highest BCUT2D eigenvalue weighted by molar-refractivity contribution is 7.96. The Kier molecular flexibility index (Phi) is 7.57. The standard InChI is InChI=1S/C26H36N2O2S/c1-18(2)23-15-11-21-12-16-24(27-31-3)25(28(21)26(23)29)17-30-22-13-9-20(10-14-22)19-7-5-4-6-8-19/h4-8,11,15,18,20,22,24-25,27H,9-10,12-14,16-17H2,1-3H3. The molecule has 31 heavy (non-hydrogen) atoms. The second kappa shape index (κ2) is 10.4. The first kappa shape index (κ1) is 22.6. The van der Waals surface area contributed by atoms with Gasteiger partial charge < -0.3 is 9.30 Å². The third-order valence-electron chi connectivity index (χ3n) is 7.08. The highest BCUT2D eigenvalue weighted by Gasteiger charge is 2.32. The minimum atomic E-state index is 0.0502. The molecule has 1 aliphatic carbocycles. The van der Waals surface area contributed by atoms with Crippen LogP contribution in [0.2, 0.25) is 0 Å². The molecule has 1 N–H and O–H groups in total. The van der Waals surface area contributed by atoms with Gasteiger partial charge in [-0.15, -0.1) is 0 Å². The zero-order chi connectivity index (χ0) is 21.8. The molecule has 4 rings (SSSR count). The lowest BCUT2D eigenvalue weighted by Crippen LogP contribution is -2.47. The second-order valence-electron chi connectivity index (χ2n) is 9.36. The summed E-state index contributed by atoms with van der Waals surface area (Å²) in [5, 5.41) is 0. The number of nitrogens with zero attached hydrogens (tertiary/aromatic N) is 1. The Morgan fingerprint density at radius 2 is 1.81 bits per heavy atom. The van der Waals surface area contributed by atoms with Crippen molar-refractivity contribution in [2.75, 3.05) is 12.9 Å². The van der Waals surface area contributed by atoms with Crippen molar-refractivity contribution in [2.45, 2.75) is 82.4 Å². The number of aromatic nitrogens is 1. The quantitative estimate of drug-likeness (QED) is 0.582. The van der Waals surface area contributed by atoms with Crippen molar-refractivity contribution < 1.29 is 4.74 Å². The molecule has 1 saturated carbocycles. The topological polar surface area (TPSA) is 43.3 Å². The normalized spacial score (nSPS) is 26.1. The lowest BCUT2D eigenvalue weighted by Gasteiger charge is -2.37. The van der Waals surface area contributed by atoms with E-state index in [2.05, 4.69) is 61.2 Å². The fourth-order valence-electron chi connectivity index (χ4n) is 5.29. The van der Waals surface area contributed by atoms with E-state index in [-0.39, 0.29) is 23.6 Å². The number of fused-ring (bicyclic) bond motifs is 1. The summed E-state index contributed by atoms with van der Waals surface area (Å²) in [4.78, 5) is 13.3. The number of nitrogens with one attached hydrogen (secondary N) is 1. The molecule has 1 aliphatic heterocycles. The van der Waals surface area contributed by atoms with Crippen LogP contribution in [0.4, 0.5) is 0 Å². The van der Waals surface area contributed by atoms with E-state index in [0.29, 0.717) is 18.6 Å². The summed E-state index contributed by atoms with van der Waals surface area (Å²) < 4.78 is 12.1. The van der Waals surface area contributed by atoms with Crippen LogP contribution in [0.25, 0.3) is 0 Å². The summed E-state index contributed by atoms with van der Waals surface area (Å²) >= 11 is 1.64. The predicted octanol–water partition coefficient (Wildman–Crippen LogP) is 5.44. The van der Waals surface area contributed by atoms with E-state index in [4.69, 9.17) is 4.74 Å². The monoisotopic (exact) mass is 440 g/mol. The SMILES string of the molecule is CSNC1CCc2ccc(C(C)C)c(=O)n2C1COC1CCC(c2ccccc2)CC1. The molecule has 1 aromatic heterocycles. The predicted molar refractivity (Wildman–Crippen MR) is 130 cm³/mol. The molecule has 2 aromatic rings. The van der Waals surface area contributed by atoms with Crippen LogP contribution in [-0.2, 0) is 11.2 Å². The molecule has 1 fully saturated rings. The number of aryl methyl sites for hydroxylation is 1. The van der Waals surface area contributed by atoms with Gasteiger partial charge in [-0.3, -0.25) is 9.52 Å². The molecular formula is C26H36N2O2S. The second-order valence-corrected chi connectivity index (χ2v) is 10.0. The fourth-order valence-corrected chi connectivity index (χ4v) is 5.87. The Hall–Kier alpha value is -1.56. The van der Waals surface area contributed by atoms with Crippen LogP contribution in [0.1, 0.15) is 80.7 Å². The summed E-state index contributed by atoms with van der Waals surface area (Å²) in [5.74, 6) is 0.882. The van der Waals surface area contributed by atoms with Gasteiger partial charge in [0.2, 0.25) is 0 Å². The van der Waals surface area contributed by atoms with Gasteiger partial charge in [-0.1, -0.05) is 62.2 Å². The van der Waals surface area contributed by atoms with E-state index in [1.165, 1.54) is 18.4 Å². The molecule has 5 heteroatoms. The Bertz CT molecular complexity index is 903. The molecule has 4 nitrogen and oxygen atoms in total. The highest BCUT2D eigenvalue weighted by atomic mass is 32.2. The molecule has 2 heterocycles. The van der Waals surface area contributed by atoms with Crippen LogP contribution in [0.15, 0.2) is 47.3 Å². The van der Waals surface area contributed by atoms with E-state index < -0.39 is 0 Å².